The fourth-order valence-electron chi connectivity index (χ4n) is 2.21. The van der Waals surface area contributed by atoms with E-state index in [0.29, 0.717) is 11.1 Å². The number of nitrogens with zero attached hydrogens (tertiary/aromatic N) is 1. The Morgan fingerprint density at radius 1 is 1.29 bits per heavy atom. The number of halogens is 1. The van der Waals surface area contributed by atoms with Gasteiger partial charge in [0.1, 0.15) is 11.5 Å². The summed E-state index contributed by atoms with van der Waals surface area (Å²) in [5, 5.41) is 3.53. The molecule has 2 aromatic heterocycles. The molecular weight excluding hydrogens is 269 g/mol. The average Bonchev–Trinajstić information content (AvgIpc) is 2.91. The Hall–Kier alpha value is -2.69. The van der Waals surface area contributed by atoms with Crippen molar-refractivity contribution in [2.75, 3.05) is 0 Å². The third-order valence-electron chi connectivity index (χ3n) is 3.31. The predicted molar refractivity (Wildman–Crippen MR) is 78.4 cm³/mol. The quantitative estimate of drug-likeness (QED) is 0.775. The minimum absolute atomic E-state index is 0.207. The highest BCUT2D eigenvalue weighted by Gasteiger charge is 2.14. The number of aromatic amines is 1. The lowest BCUT2D eigenvalue weighted by Crippen LogP contribution is -2.27. The molecule has 3 aromatic rings. The van der Waals surface area contributed by atoms with Crippen molar-refractivity contribution in [2.24, 2.45) is 0 Å². The van der Waals surface area contributed by atoms with E-state index in [0.717, 1.165) is 11.2 Å². The lowest BCUT2D eigenvalue weighted by atomic mass is 10.2. The Morgan fingerprint density at radius 2 is 2.14 bits per heavy atom. The fourth-order valence-corrected chi connectivity index (χ4v) is 2.21. The van der Waals surface area contributed by atoms with Crippen molar-refractivity contribution in [2.45, 2.75) is 13.0 Å². The summed E-state index contributed by atoms with van der Waals surface area (Å²) < 4.78 is 13.2. The van der Waals surface area contributed by atoms with Crippen LogP contribution in [0.25, 0.3) is 10.9 Å². The van der Waals surface area contributed by atoms with Crippen LogP contribution in [0.15, 0.2) is 48.7 Å². The largest absolute Gasteiger partial charge is 0.351 e. The number of rotatable bonds is 3. The molecule has 2 heterocycles. The molecule has 3 rings (SSSR count). The first-order valence-corrected chi connectivity index (χ1v) is 6.63. The van der Waals surface area contributed by atoms with Crippen LogP contribution in [0.5, 0.6) is 0 Å². The molecule has 0 fully saturated rings. The van der Waals surface area contributed by atoms with Crippen molar-refractivity contribution >= 4 is 16.8 Å². The summed E-state index contributed by atoms with van der Waals surface area (Å²) in [4.78, 5) is 19.4. The van der Waals surface area contributed by atoms with Gasteiger partial charge in [0.2, 0.25) is 0 Å². The second kappa shape index (κ2) is 5.36. The van der Waals surface area contributed by atoms with Gasteiger partial charge >= 0.3 is 0 Å². The van der Waals surface area contributed by atoms with Crippen LogP contribution in [-0.4, -0.2) is 15.9 Å². The van der Waals surface area contributed by atoms with Crippen LogP contribution in [-0.2, 0) is 0 Å². The minimum Gasteiger partial charge on any atom is -0.351 e. The van der Waals surface area contributed by atoms with Gasteiger partial charge < -0.3 is 10.3 Å². The Labute approximate surface area is 121 Å². The van der Waals surface area contributed by atoms with Gasteiger partial charge in [-0.25, -0.2) is 4.39 Å². The van der Waals surface area contributed by atoms with Crippen molar-refractivity contribution in [3.63, 3.8) is 0 Å². The maximum Gasteiger partial charge on any atom is 0.268 e. The molecule has 0 spiro atoms. The molecule has 21 heavy (non-hydrogen) atoms. The highest BCUT2D eigenvalue weighted by atomic mass is 19.1. The summed E-state index contributed by atoms with van der Waals surface area (Å²) >= 11 is 0. The molecule has 5 heteroatoms. The van der Waals surface area contributed by atoms with E-state index in [2.05, 4.69) is 15.3 Å². The number of fused-ring (bicyclic) bond motifs is 1. The van der Waals surface area contributed by atoms with E-state index in [4.69, 9.17) is 0 Å². The number of carbonyl (C=O) groups is 1. The normalized spacial score (nSPS) is 12.3. The van der Waals surface area contributed by atoms with Crippen LogP contribution in [0.3, 0.4) is 0 Å². The Bertz CT molecular complexity index is 783. The summed E-state index contributed by atoms with van der Waals surface area (Å²) in [6.07, 6.45) is 1.68. The molecule has 1 aromatic carbocycles. The molecule has 0 saturated carbocycles. The van der Waals surface area contributed by atoms with Crippen LogP contribution >= 0.6 is 0 Å². The number of carbonyl (C=O) groups excluding carboxylic acids is 1. The average molecular weight is 283 g/mol. The molecule has 0 aliphatic rings. The predicted octanol–water partition coefficient (Wildman–Crippen LogP) is 3.19. The number of benzene rings is 1. The molecule has 106 valence electrons. The third-order valence-corrected chi connectivity index (χ3v) is 3.31. The van der Waals surface area contributed by atoms with E-state index in [1.54, 1.807) is 18.3 Å². The molecule has 0 aliphatic heterocycles. The van der Waals surface area contributed by atoms with Gasteiger partial charge in [0.05, 0.1) is 11.7 Å². The van der Waals surface area contributed by atoms with Crippen LogP contribution < -0.4 is 5.32 Å². The first kappa shape index (κ1) is 13.3. The molecule has 0 radical (unpaired) electrons. The SMILES string of the molecule is CC(NC(=O)c1cc2cc(F)ccc2[nH]1)c1ccccn1. The zero-order valence-corrected chi connectivity index (χ0v) is 11.4. The lowest BCUT2D eigenvalue weighted by molar-refractivity contribution is 0.0935. The van der Waals surface area contributed by atoms with E-state index in [9.17, 15) is 9.18 Å². The van der Waals surface area contributed by atoms with Crippen molar-refractivity contribution in [1.29, 1.82) is 0 Å². The number of aromatic nitrogens is 2. The first-order chi connectivity index (χ1) is 10.1. The highest BCUT2D eigenvalue weighted by Crippen LogP contribution is 2.17. The monoisotopic (exact) mass is 283 g/mol. The highest BCUT2D eigenvalue weighted by molar-refractivity contribution is 5.98. The van der Waals surface area contributed by atoms with E-state index in [1.807, 2.05) is 25.1 Å². The van der Waals surface area contributed by atoms with Gasteiger partial charge in [-0.05, 0) is 43.3 Å². The summed E-state index contributed by atoms with van der Waals surface area (Å²) in [6, 6.07) is 11.3. The molecule has 1 unspecified atom stereocenters. The zero-order valence-electron chi connectivity index (χ0n) is 11.4. The molecule has 2 N–H and O–H groups in total. The van der Waals surface area contributed by atoms with E-state index in [-0.39, 0.29) is 17.8 Å². The van der Waals surface area contributed by atoms with E-state index >= 15 is 0 Å². The van der Waals surface area contributed by atoms with Gasteiger partial charge in [0.25, 0.3) is 5.91 Å². The smallest absolute Gasteiger partial charge is 0.268 e. The van der Waals surface area contributed by atoms with Gasteiger partial charge in [-0.1, -0.05) is 6.07 Å². The number of hydrogen-bond acceptors (Lipinski definition) is 2. The second-order valence-corrected chi connectivity index (χ2v) is 4.86. The summed E-state index contributed by atoms with van der Waals surface area (Å²) in [6.45, 7) is 1.86. The lowest BCUT2D eigenvalue weighted by Gasteiger charge is -2.12. The van der Waals surface area contributed by atoms with Crippen LogP contribution in [0, 0.1) is 5.82 Å². The number of H-pyrrole nitrogens is 1. The standard InChI is InChI=1S/C16H14FN3O/c1-10(13-4-2-3-7-18-13)19-16(21)15-9-11-8-12(17)5-6-14(11)20-15/h2-10,20H,1H3,(H,19,21). The summed E-state index contributed by atoms with van der Waals surface area (Å²) in [5.74, 6) is -0.569. The van der Waals surface area contributed by atoms with E-state index in [1.165, 1.54) is 12.1 Å². The number of pyridine rings is 1. The Balaban J connectivity index is 1.80. The summed E-state index contributed by atoms with van der Waals surface area (Å²) in [7, 11) is 0. The van der Waals surface area contributed by atoms with Gasteiger partial charge in [-0.3, -0.25) is 9.78 Å². The van der Waals surface area contributed by atoms with Gasteiger partial charge in [-0.15, -0.1) is 0 Å². The molecule has 0 bridgehead atoms. The maximum absolute atomic E-state index is 13.2. The molecule has 4 nitrogen and oxygen atoms in total. The number of amides is 1. The number of hydrogen-bond donors (Lipinski definition) is 2. The van der Waals surface area contributed by atoms with Gasteiger partial charge in [0, 0.05) is 17.1 Å². The topological polar surface area (TPSA) is 57.8 Å². The van der Waals surface area contributed by atoms with Crippen molar-refractivity contribution in [1.82, 2.24) is 15.3 Å². The Morgan fingerprint density at radius 3 is 2.90 bits per heavy atom. The molecule has 0 aliphatic carbocycles. The fraction of sp³-hybridized carbons (Fsp3) is 0.125. The van der Waals surface area contributed by atoms with Crippen molar-refractivity contribution in [3.8, 4) is 0 Å². The minimum atomic E-state index is -0.324. The van der Waals surface area contributed by atoms with Crippen molar-refractivity contribution in [3.05, 3.63) is 65.9 Å². The maximum atomic E-state index is 13.2. The first-order valence-electron chi connectivity index (χ1n) is 6.63. The van der Waals surface area contributed by atoms with Gasteiger partial charge in [0.15, 0.2) is 0 Å². The molecule has 1 amide bonds. The Kier molecular flexibility index (Phi) is 3.39. The van der Waals surface area contributed by atoms with Gasteiger partial charge in [-0.2, -0.15) is 0 Å². The van der Waals surface area contributed by atoms with Crippen LogP contribution in [0.1, 0.15) is 29.1 Å². The second-order valence-electron chi connectivity index (χ2n) is 4.86. The van der Waals surface area contributed by atoms with E-state index < -0.39 is 0 Å². The molecule has 1 atom stereocenters. The third kappa shape index (κ3) is 2.76. The van der Waals surface area contributed by atoms with Crippen LogP contribution in [0.2, 0.25) is 0 Å². The number of nitrogens with one attached hydrogen (secondary N) is 2. The van der Waals surface area contributed by atoms with Crippen LogP contribution in [0.4, 0.5) is 4.39 Å². The summed E-state index contributed by atoms with van der Waals surface area (Å²) in [5.41, 5.74) is 1.92. The zero-order chi connectivity index (χ0) is 14.8. The molecular formula is C16H14FN3O. The van der Waals surface area contributed by atoms with Crippen molar-refractivity contribution < 1.29 is 9.18 Å². The molecule has 0 saturated heterocycles.